The SMILES string of the molecule is CCOc1cc2c(cc1CNC(=NC)NCc1ccc(S(C)(=O)=O)cc1)OC(C)C2. The predicted octanol–water partition coefficient (Wildman–Crippen LogP) is 2.68. The van der Waals surface area contributed by atoms with Crippen molar-refractivity contribution in [3.8, 4) is 11.5 Å². The first-order valence-electron chi connectivity index (χ1n) is 9.99. The van der Waals surface area contributed by atoms with E-state index in [2.05, 4.69) is 28.6 Å². The van der Waals surface area contributed by atoms with Crippen LogP contribution in [0.1, 0.15) is 30.5 Å². The van der Waals surface area contributed by atoms with Gasteiger partial charge >= 0.3 is 0 Å². The summed E-state index contributed by atoms with van der Waals surface area (Å²) in [4.78, 5) is 4.57. The Labute approximate surface area is 178 Å². The molecule has 0 fully saturated rings. The summed E-state index contributed by atoms with van der Waals surface area (Å²) in [6.45, 7) is 5.68. The van der Waals surface area contributed by atoms with Crippen molar-refractivity contribution in [3.05, 3.63) is 53.1 Å². The quantitative estimate of drug-likeness (QED) is 0.518. The number of hydrogen-bond acceptors (Lipinski definition) is 5. The molecule has 1 atom stereocenters. The highest BCUT2D eigenvalue weighted by molar-refractivity contribution is 7.90. The molecule has 2 aromatic carbocycles. The van der Waals surface area contributed by atoms with Gasteiger partial charge in [-0.05, 0) is 43.7 Å². The van der Waals surface area contributed by atoms with Crippen LogP contribution in [0.15, 0.2) is 46.3 Å². The average Bonchev–Trinajstić information content (AvgIpc) is 3.06. The van der Waals surface area contributed by atoms with E-state index in [-0.39, 0.29) is 6.10 Å². The molecule has 1 aliphatic rings. The Morgan fingerprint density at radius 2 is 1.90 bits per heavy atom. The third kappa shape index (κ3) is 5.44. The van der Waals surface area contributed by atoms with Crippen molar-refractivity contribution >= 4 is 15.8 Å². The summed E-state index contributed by atoms with van der Waals surface area (Å²) < 4.78 is 34.9. The molecule has 0 aliphatic carbocycles. The van der Waals surface area contributed by atoms with Crippen molar-refractivity contribution in [2.24, 2.45) is 4.99 Å². The van der Waals surface area contributed by atoms with Gasteiger partial charge in [-0.1, -0.05) is 12.1 Å². The van der Waals surface area contributed by atoms with Crippen molar-refractivity contribution < 1.29 is 17.9 Å². The first kappa shape index (κ1) is 22.0. The zero-order chi connectivity index (χ0) is 21.7. The van der Waals surface area contributed by atoms with Crippen molar-refractivity contribution in [3.63, 3.8) is 0 Å². The molecule has 0 saturated carbocycles. The highest BCUT2D eigenvalue weighted by atomic mass is 32.2. The smallest absolute Gasteiger partial charge is 0.191 e. The summed E-state index contributed by atoms with van der Waals surface area (Å²) in [7, 11) is -1.48. The number of hydrogen-bond donors (Lipinski definition) is 2. The molecule has 1 aliphatic heterocycles. The fourth-order valence-corrected chi connectivity index (χ4v) is 3.98. The molecule has 0 saturated heterocycles. The Kier molecular flexibility index (Phi) is 6.87. The fourth-order valence-electron chi connectivity index (χ4n) is 3.35. The number of rotatable bonds is 7. The lowest BCUT2D eigenvalue weighted by Crippen LogP contribution is -2.36. The van der Waals surface area contributed by atoms with Crippen LogP contribution in [-0.4, -0.2) is 40.4 Å². The lowest BCUT2D eigenvalue weighted by atomic mass is 10.1. The number of fused-ring (bicyclic) bond motifs is 1. The number of ether oxygens (including phenoxy) is 2. The highest BCUT2D eigenvalue weighted by Crippen LogP contribution is 2.35. The summed E-state index contributed by atoms with van der Waals surface area (Å²) >= 11 is 0. The van der Waals surface area contributed by atoms with Gasteiger partial charge < -0.3 is 20.1 Å². The normalized spacial score (nSPS) is 16.0. The van der Waals surface area contributed by atoms with Gasteiger partial charge in [0.1, 0.15) is 17.6 Å². The molecular formula is C22H29N3O4S. The zero-order valence-corrected chi connectivity index (χ0v) is 18.7. The maximum absolute atomic E-state index is 11.6. The molecule has 7 nitrogen and oxygen atoms in total. The number of aliphatic imine (C=N–C) groups is 1. The molecule has 8 heteroatoms. The molecule has 162 valence electrons. The number of sulfone groups is 1. The molecule has 0 spiro atoms. The van der Waals surface area contributed by atoms with Crippen LogP contribution >= 0.6 is 0 Å². The van der Waals surface area contributed by atoms with Gasteiger partial charge in [-0.2, -0.15) is 0 Å². The van der Waals surface area contributed by atoms with Crippen molar-refractivity contribution in [2.75, 3.05) is 19.9 Å². The summed E-state index contributed by atoms with van der Waals surface area (Å²) in [5, 5.41) is 6.54. The van der Waals surface area contributed by atoms with Gasteiger partial charge in [-0.15, -0.1) is 0 Å². The van der Waals surface area contributed by atoms with Crippen LogP contribution in [0.3, 0.4) is 0 Å². The van der Waals surface area contributed by atoms with Crippen molar-refractivity contribution in [2.45, 2.75) is 44.4 Å². The second kappa shape index (κ2) is 9.38. The molecule has 0 amide bonds. The van der Waals surface area contributed by atoms with Gasteiger partial charge in [0.05, 0.1) is 11.5 Å². The van der Waals surface area contributed by atoms with E-state index in [4.69, 9.17) is 9.47 Å². The summed E-state index contributed by atoms with van der Waals surface area (Å²) in [5.41, 5.74) is 3.14. The lowest BCUT2D eigenvalue weighted by molar-refractivity contribution is 0.254. The van der Waals surface area contributed by atoms with Gasteiger partial charge in [0.25, 0.3) is 0 Å². The van der Waals surface area contributed by atoms with E-state index in [1.54, 1.807) is 31.3 Å². The maximum Gasteiger partial charge on any atom is 0.191 e. The van der Waals surface area contributed by atoms with Gasteiger partial charge in [-0.3, -0.25) is 4.99 Å². The van der Waals surface area contributed by atoms with Gasteiger partial charge in [-0.25, -0.2) is 8.42 Å². The van der Waals surface area contributed by atoms with Crippen LogP contribution in [0.5, 0.6) is 11.5 Å². The van der Waals surface area contributed by atoms with E-state index >= 15 is 0 Å². The molecule has 0 bridgehead atoms. The minimum atomic E-state index is -3.19. The number of nitrogens with one attached hydrogen (secondary N) is 2. The van der Waals surface area contributed by atoms with Crippen LogP contribution in [0.2, 0.25) is 0 Å². The van der Waals surface area contributed by atoms with Crippen molar-refractivity contribution in [1.29, 1.82) is 0 Å². The minimum Gasteiger partial charge on any atom is -0.494 e. The van der Waals surface area contributed by atoms with E-state index in [1.165, 1.54) is 11.8 Å². The molecule has 30 heavy (non-hydrogen) atoms. The highest BCUT2D eigenvalue weighted by Gasteiger charge is 2.22. The first-order valence-corrected chi connectivity index (χ1v) is 11.9. The van der Waals surface area contributed by atoms with Crippen LogP contribution in [-0.2, 0) is 29.3 Å². The van der Waals surface area contributed by atoms with Crippen LogP contribution < -0.4 is 20.1 Å². The summed E-state index contributed by atoms with van der Waals surface area (Å²) in [6.07, 6.45) is 2.28. The molecule has 0 aromatic heterocycles. The number of benzene rings is 2. The summed E-state index contributed by atoms with van der Waals surface area (Å²) in [6, 6.07) is 10.9. The Hall–Kier alpha value is -2.74. The van der Waals surface area contributed by atoms with Crippen LogP contribution in [0.4, 0.5) is 0 Å². The largest absolute Gasteiger partial charge is 0.494 e. The number of guanidine groups is 1. The molecule has 3 rings (SSSR count). The van der Waals surface area contributed by atoms with Crippen LogP contribution in [0.25, 0.3) is 0 Å². The zero-order valence-electron chi connectivity index (χ0n) is 17.9. The van der Waals surface area contributed by atoms with E-state index in [0.717, 1.165) is 29.0 Å². The second-order valence-electron chi connectivity index (χ2n) is 7.33. The monoisotopic (exact) mass is 431 g/mol. The Morgan fingerprint density at radius 3 is 2.53 bits per heavy atom. The topological polar surface area (TPSA) is 89.0 Å². The Balaban J connectivity index is 1.62. The Morgan fingerprint density at radius 1 is 1.20 bits per heavy atom. The third-order valence-electron chi connectivity index (χ3n) is 4.86. The lowest BCUT2D eigenvalue weighted by Gasteiger charge is -2.16. The minimum absolute atomic E-state index is 0.182. The maximum atomic E-state index is 11.6. The molecule has 1 unspecified atom stereocenters. The molecule has 0 radical (unpaired) electrons. The molecular weight excluding hydrogens is 402 g/mol. The number of nitrogens with zero attached hydrogens (tertiary/aromatic N) is 1. The van der Waals surface area contributed by atoms with E-state index < -0.39 is 9.84 Å². The third-order valence-corrected chi connectivity index (χ3v) is 5.99. The van der Waals surface area contributed by atoms with Gasteiger partial charge in [0, 0.05) is 43.9 Å². The van der Waals surface area contributed by atoms with E-state index in [9.17, 15) is 8.42 Å². The first-order chi connectivity index (χ1) is 14.3. The molecule has 2 aromatic rings. The van der Waals surface area contributed by atoms with E-state index in [1.807, 2.05) is 13.0 Å². The standard InChI is InChI=1S/C22H29N3O4S/c1-5-28-20-11-17-10-15(2)29-21(17)12-18(20)14-25-22(23-3)24-13-16-6-8-19(9-7-16)30(4,26)27/h6-9,11-12,15H,5,10,13-14H2,1-4H3,(H2,23,24,25). The molecule has 2 N–H and O–H groups in total. The summed E-state index contributed by atoms with van der Waals surface area (Å²) in [5.74, 6) is 2.41. The predicted molar refractivity (Wildman–Crippen MR) is 118 cm³/mol. The Bertz CT molecular complexity index is 1020. The molecule has 1 heterocycles. The van der Waals surface area contributed by atoms with Gasteiger partial charge in [0.15, 0.2) is 15.8 Å². The second-order valence-corrected chi connectivity index (χ2v) is 9.34. The fraction of sp³-hybridized carbons (Fsp3) is 0.409. The van der Waals surface area contributed by atoms with Crippen LogP contribution in [0, 0.1) is 0 Å². The van der Waals surface area contributed by atoms with Gasteiger partial charge in [0.2, 0.25) is 0 Å². The average molecular weight is 432 g/mol. The van der Waals surface area contributed by atoms with Crippen molar-refractivity contribution in [1.82, 2.24) is 10.6 Å². The van der Waals surface area contributed by atoms with E-state index in [0.29, 0.717) is 30.6 Å².